The SMILES string of the molecule is Cc1nc(Nc2c(C)cccc2C)cc(C(=O)NC(C)(C)C)n1. The van der Waals surface area contributed by atoms with Gasteiger partial charge < -0.3 is 10.6 Å². The summed E-state index contributed by atoms with van der Waals surface area (Å²) in [6.45, 7) is 11.7. The van der Waals surface area contributed by atoms with Gasteiger partial charge in [0.05, 0.1) is 0 Å². The predicted octanol–water partition coefficient (Wildman–Crippen LogP) is 3.67. The van der Waals surface area contributed by atoms with Crippen molar-refractivity contribution in [3.63, 3.8) is 0 Å². The van der Waals surface area contributed by atoms with Crippen LogP contribution in [0.5, 0.6) is 0 Å². The molecule has 2 N–H and O–H groups in total. The van der Waals surface area contributed by atoms with E-state index in [-0.39, 0.29) is 11.4 Å². The third-order valence-electron chi connectivity index (χ3n) is 3.29. The van der Waals surface area contributed by atoms with E-state index in [1.165, 1.54) is 0 Å². The number of hydrogen-bond donors (Lipinski definition) is 2. The predicted molar refractivity (Wildman–Crippen MR) is 93.2 cm³/mol. The van der Waals surface area contributed by atoms with E-state index in [1.807, 2.05) is 52.8 Å². The third-order valence-corrected chi connectivity index (χ3v) is 3.29. The molecule has 0 fully saturated rings. The summed E-state index contributed by atoms with van der Waals surface area (Å²) >= 11 is 0. The number of anilines is 2. The fourth-order valence-corrected chi connectivity index (χ4v) is 2.29. The van der Waals surface area contributed by atoms with Gasteiger partial charge >= 0.3 is 0 Å². The number of amides is 1. The van der Waals surface area contributed by atoms with E-state index in [4.69, 9.17) is 0 Å². The van der Waals surface area contributed by atoms with Crippen molar-refractivity contribution in [2.45, 2.75) is 47.1 Å². The molecule has 5 nitrogen and oxygen atoms in total. The highest BCUT2D eigenvalue weighted by Gasteiger charge is 2.17. The molecule has 0 spiro atoms. The molecule has 5 heteroatoms. The van der Waals surface area contributed by atoms with E-state index in [0.29, 0.717) is 17.3 Å². The van der Waals surface area contributed by atoms with Gasteiger partial charge in [-0.25, -0.2) is 9.97 Å². The summed E-state index contributed by atoms with van der Waals surface area (Å²) in [4.78, 5) is 21.0. The Morgan fingerprint density at radius 3 is 2.22 bits per heavy atom. The topological polar surface area (TPSA) is 66.9 Å². The molecule has 122 valence electrons. The Bertz CT molecular complexity index is 712. The summed E-state index contributed by atoms with van der Waals surface area (Å²) < 4.78 is 0. The first-order valence-corrected chi connectivity index (χ1v) is 7.67. The summed E-state index contributed by atoms with van der Waals surface area (Å²) in [5, 5.41) is 6.23. The van der Waals surface area contributed by atoms with Crippen LogP contribution in [0.1, 0.15) is 48.2 Å². The van der Waals surface area contributed by atoms with E-state index in [0.717, 1.165) is 16.8 Å². The maximum absolute atomic E-state index is 12.3. The van der Waals surface area contributed by atoms with Crippen molar-refractivity contribution in [1.29, 1.82) is 0 Å². The zero-order valence-electron chi connectivity index (χ0n) is 14.6. The van der Waals surface area contributed by atoms with Gasteiger partial charge in [-0.2, -0.15) is 0 Å². The van der Waals surface area contributed by atoms with Gasteiger partial charge in [0.25, 0.3) is 5.91 Å². The average molecular weight is 312 g/mol. The van der Waals surface area contributed by atoms with E-state index < -0.39 is 0 Å². The number of carbonyl (C=O) groups excluding carboxylic acids is 1. The molecular weight excluding hydrogens is 288 g/mol. The van der Waals surface area contributed by atoms with Gasteiger partial charge in [-0.3, -0.25) is 4.79 Å². The number of carbonyl (C=O) groups is 1. The highest BCUT2D eigenvalue weighted by atomic mass is 16.2. The molecule has 0 saturated heterocycles. The molecule has 23 heavy (non-hydrogen) atoms. The Morgan fingerprint density at radius 2 is 1.65 bits per heavy atom. The molecular formula is C18H24N4O. The normalized spacial score (nSPS) is 11.2. The first-order valence-electron chi connectivity index (χ1n) is 7.67. The Hall–Kier alpha value is -2.43. The molecule has 1 aromatic heterocycles. The molecule has 0 unspecified atom stereocenters. The number of hydrogen-bond acceptors (Lipinski definition) is 4. The molecule has 0 aliphatic carbocycles. The maximum atomic E-state index is 12.3. The van der Waals surface area contributed by atoms with Gasteiger partial charge in [-0.05, 0) is 52.7 Å². The molecule has 2 aromatic rings. The number of nitrogens with one attached hydrogen (secondary N) is 2. The van der Waals surface area contributed by atoms with Crippen LogP contribution in [0.2, 0.25) is 0 Å². The average Bonchev–Trinajstić information content (AvgIpc) is 2.40. The number of para-hydroxylation sites is 1. The third kappa shape index (κ3) is 4.52. The molecule has 1 aromatic carbocycles. The molecule has 2 rings (SSSR count). The summed E-state index contributed by atoms with van der Waals surface area (Å²) in [6.07, 6.45) is 0. The maximum Gasteiger partial charge on any atom is 0.270 e. The second-order valence-electron chi connectivity index (χ2n) is 6.78. The monoisotopic (exact) mass is 312 g/mol. The fraction of sp³-hybridized carbons (Fsp3) is 0.389. The number of benzene rings is 1. The van der Waals surface area contributed by atoms with E-state index >= 15 is 0 Å². The van der Waals surface area contributed by atoms with E-state index in [9.17, 15) is 4.79 Å². The number of nitrogens with zero attached hydrogens (tertiary/aromatic N) is 2. The summed E-state index contributed by atoms with van der Waals surface area (Å²) in [7, 11) is 0. The lowest BCUT2D eigenvalue weighted by Gasteiger charge is -2.20. The Labute approximate surface area is 137 Å². The highest BCUT2D eigenvalue weighted by molar-refractivity contribution is 5.93. The largest absolute Gasteiger partial charge is 0.346 e. The van der Waals surface area contributed by atoms with Crippen LogP contribution < -0.4 is 10.6 Å². The lowest BCUT2D eigenvalue weighted by atomic mass is 10.1. The van der Waals surface area contributed by atoms with E-state index in [1.54, 1.807) is 13.0 Å². The Balaban J connectivity index is 2.33. The minimum absolute atomic E-state index is 0.201. The quantitative estimate of drug-likeness (QED) is 0.907. The van der Waals surface area contributed by atoms with Crippen molar-refractivity contribution in [1.82, 2.24) is 15.3 Å². The van der Waals surface area contributed by atoms with Crippen LogP contribution in [0.3, 0.4) is 0 Å². The highest BCUT2D eigenvalue weighted by Crippen LogP contribution is 2.23. The van der Waals surface area contributed by atoms with Gasteiger partial charge in [0.2, 0.25) is 0 Å². The Morgan fingerprint density at radius 1 is 1.04 bits per heavy atom. The number of aryl methyl sites for hydroxylation is 3. The van der Waals surface area contributed by atoms with Gasteiger partial charge in [0.1, 0.15) is 17.3 Å². The minimum atomic E-state index is -0.309. The smallest absolute Gasteiger partial charge is 0.270 e. The second-order valence-corrected chi connectivity index (χ2v) is 6.78. The Kier molecular flexibility index (Phi) is 4.68. The molecule has 1 amide bonds. The summed E-state index contributed by atoms with van der Waals surface area (Å²) in [6, 6.07) is 7.77. The van der Waals surface area contributed by atoms with Crippen LogP contribution in [0.25, 0.3) is 0 Å². The van der Waals surface area contributed by atoms with Crippen LogP contribution in [-0.4, -0.2) is 21.4 Å². The van der Waals surface area contributed by atoms with Crippen molar-refractivity contribution < 1.29 is 4.79 Å². The molecule has 0 aliphatic heterocycles. The van der Waals surface area contributed by atoms with Gasteiger partial charge in [0.15, 0.2) is 0 Å². The van der Waals surface area contributed by atoms with Gasteiger partial charge in [-0.1, -0.05) is 18.2 Å². The standard InChI is InChI=1S/C18H24N4O/c1-11-8-7-9-12(2)16(11)21-15-10-14(19-13(3)20-15)17(23)22-18(4,5)6/h7-10H,1-6H3,(H,22,23)(H,19,20,21). The molecule has 0 aliphatic rings. The first kappa shape index (κ1) is 16.9. The van der Waals surface area contributed by atoms with Crippen molar-refractivity contribution in [3.05, 3.63) is 46.9 Å². The minimum Gasteiger partial charge on any atom is -0.346 e. The number of aromatic nitrogens is 2. The molecule has 0 radical (unpaired) electrons. The fourth-order valence-electron chi connectivity index (χ4n) is 2.29. The number of rotatable bonds is 3. The van der Waals surface area contributed by atoms with Crippen LogP contribution in [0, 0.1) is 20.8 Å². The van der Waals surface area contributed by atoms with Crippen LogP contribution in [0.15, 0.2) is 24.3 Å². The zero-order valence-corrected chi connectivity index (χ0v) is 14.6. The lowest BCUT2D eigenvalue weighted by molar-refractivity contribution is 0.0914. The zero-order chi connectivity index (χ0) is 17.2. The van der Waals surface area contributed by atoms with Crippen molar-refractivity contribution in [3.8, 4) is 0 Å². The van der Waals surface area contributed by atoms with Gasteiger partial charge in [0, 0.05) is 17.3 Å². The summed E-state index contributed by atoms with van der Waals surface area (Å²) in [5.74, 6) is 0.974. The van der Waals surface area contributed by atoms with Crippen molar-refractivity contribution in [2.24, 2.45) is 0 Å². The van der Waals surface area contributed by atoms with Gasteiger partial charge in [-0.15, -0.1) is 0 Å². The van der Waals surface area contributed by atoms with Crippen LogP contribution in [0.4, 0.5) is 11.5 Å². The second kappa shape index (κ2) is 6.36. The van der Waals surface area contributed by atoms with Crippen molar-refractivity contribution in [2.75, 3.05) is 5.32 Å². The molecule has 0 saturated carbocycles. The first-order chi connectivity index (χ1) is 10.7. The van der Waals surface area contributed by atoms with Crippen LogP contribution in [-0.2, 0) is 0 Å². The molecule has 0 bridgehead atoms. The lowest BCUT2D eigenvalue weighted by Crippen LogP contribution is -2.41. The van der Waals surface area contributed by atoms with Crippen molar-refractivity contribution >= 4 is 17.4 Å². The van der Waals surface area contributed by atoms with Crippen LogP contribution >= 0.6 is 0 Å². The van der Waals surface area contributed by atoms with E-state index in [2.05, 4.69) is 20.6 Å². The molecule has 0 atom stereocenters. The molecule has 1 heterocycles. The summed E-state index contributed by atoms with van der Waals surface area (Å²) in [5.41, 5.74) is 3.31.